The molecule has 23 heavy (non-hydrogen) atoms. The van der Waals surface area contributed by atoms with Crippen LogP contribution in [0.4, 0.5) is 5.69 Å². The van der Waals surface area contributed by atoms with E-state index in [0.29, 0.717) is 0 Å². The number of hydrogen-bond acceptors (Lipinski definition) is 6. The number of amidine groups is 1. The van der Waals surface area contributed by atoms with Gasteiger partial charge in [-0.15, -0.1) is 11.8 Å². The van der Waals surface area contributed by atoms with E-state index < -0.39 is 12.1 Å². The van der Waals surface area contributed by atoms with Gasteiger partial charge < -0.3 is 4.74 Å². The van der Waals surface area contributed by atoms with Crippen molar-refractivity contribution in [3.8, 4) is 0 Å². The van der Waals surface area contributed by atoms with Crippen molar-refractivity contribution in [1.29, 1.82) is 0 Å². The predicted octanol–water partition coefficient (Wildman–Crippen LogP) is 3.47. The molecule has 1 heterocycles. The maximum Gasteiger partial charge on any atom is 0.303 e. The van der Waals surface area contributed by atoms with Crippen molar-refractivity contribution in [3.05, 3.63) is 60.2 Å². The van der Waals surface area contributed by atoms with Gasteiger partial charge in [-0.05, 0) is 17.7 Å². The number of thioether (sulfide) groups is 1. The second-order valence-electron chi connectivity index (χ2n) is 5.06. The van der Waals surface area contributed by atoms with E-state index in [-0.39, 0.29) is 11.1 Å². The maximum absolute atomic E-state index is 11.5. The molecule has 2 aromatic carbocycles. The van der Waals surface area contributed by atoms with Gasteiger partial charge >= 0.3 is 5.97 Å². The Labute approximate surface area is 138 Å². The molecule has 0 aromatic heterocycles. The molecule has 0 amide bonds. The van der Waals surface area contributed by atoms with Gasteiger partial charge in [-0.25, -0.2) is 4.99 Å². The van der Waals surface area contributed by atoms with Gasteiger partial charge in [-0.2, -0.15) is 0 Å². The summed E-state index contributed by atoms with van der Waals surface area (Å²) in [5.41, 5.74) is 3.82. The quantitative estimate of drug-likeness (QED) is 0.652. The van der Waals surface area contributed by atoms with E-state index in [1.54, 1.807) is 11.8 Å². The lowest BCUT2D eigenvalue weighted by Gasteiger charge is -2.25. The largest absolute Gasteiger partial charge is 0.453 e. The van der Waals surface area contributed by atoms with Crippen LogP contribution < -0.4 is 5.48 Å². The highest BCUT2D eigenvalue weighted by Crippen LogP contribution is 2.45. The maximum atomic E-state index is 11.5. The van der Waals surface area contributed by atoms with Crippen molar-refractivity contribution < 1.29 is 14.7 Å². The first-order chi connectivity index (χ1) is 11.2. The molecule has 1 aliphatic rings. The Bertz CT molecular complexity index is 734. The fourth-order valence-corrected chi connectivity index (χ4v) is 3.72. The van der Waals surface area contributed by atoms with Crippen LogP contribution in [-0.4, -0.2) is 23.1 Å². The zero-order valence-corrected chi connectivity index (χ0v) is 13.3. The Morgan fingerprint density at radius 2 is 1.87 bits per heavy atom. The number of para-hydroxylation sites is 1. The number of carbonyl (C=O) groups is 1. The molecule has 0 aliphatic carbocycles. The zero-order valence-electron chi connectivity index (χ0n) is 12.5. The number of rotatable bonds is 2. The number of ether oxygens (including phenoxy) is 1. The standard InChI is InChI=1S/C17H16N2O3S/c1-11(20)22-15-16(12-7-3-2-4-8-12)23-14-10-6-5-9-13(14)18-17(15)19-21/h2-10,15-16,21H,1H3,(H,18,19). The Balaban J connectivity index is 2.11. The molecular formula is C17H16N2O3S. The molecular weight excluding hydrogens is 312 g/mol. The number of aliphatic imine (C=N–C) groups is 1. The number of hydroxylamine groups is 1. The number of carbonyl (C=O) groups excluding carboxylic acids is 1. The molecule has 0 radical (unpaired) electrons. The van der Waals surface area contributed by atoms with E-state index in [4.69, 9.17) is 4.74 Å². The number of hydrogen-bond donors (Lipinski definition) is 2. The minimum absolute atomic E-state index is 0.214. The van der Waals surface area contributed by atoms with Crippen LogP contribution in [-0.2, 0) is 9.53 Å². The molecule has 2 unspecified atom stereocenters. The van der Waals surface area contributed by atoms with E-state index in [1.165, 1.54) is 6.92 Å². The van der Waals surface area contributed by atoms with E-state index in [0.717, 1.165) is 16.1 Å². The molecule has 6 heteroatoms. The lowest BCUT2D eigenvalue weighted by molar-refractivity contribution is -0.143. The summed E-state index contributed by atoms with van der Waals surface area (Å²) in [7, 11) is 0. The molecule has 2 atom stereocenters. The molecule has 0 fully saturated rings. The van der Waals surface area contributed by atoms with Gasteiger partial charge in [-0.3, -0.25) is 15.5 Å². The zero-order chi connectivity index (χ0) is 16.2. The molecule has 2 N–H and O–H groups in total. The monoisotopic (exact) mass is 328 g/mol. The predicted molar refractivity (Wildman–Crippen MR) is 89.1 cm³/mol. The summed E-state index contributed by atoms with van der Waals surface area (Å²) in [5, 5.41) is 9.29. The van der Waals surface area contributed by atoms with Crippen LogP contribution in [0.25, 0.3) is 0 Å². The number of fused-ring (bicyclic) bond motifs is 1. The van der Waals surface area contributed by atoms with Gasteiger partial charge in [0.1, 0.15) is 0 Å². The minimum atomic E-state index is -0.711. The van der Waals surface area contributed by atoms with Gasteiger partial charge in [0.25, 0.3) is 0 Å². The van der Waals surface area contributed by atoms with Crippen molar-refractivity contribution >= 4 is 29.3 Å². The highest BCUT2D eigenvalue weighted by atomic mass is 32.2. The smallest absolute Gasteiger partial charge is 0.303 e. The first-order valence-electron chi connectivity index (χ1n) is 7.15. The molecule has 3 rings (SSSR count). The number of nitrogens with one attached hydrogen (secondary N) is 1. The third kappa shape index (κ3) is 3.38. The molecule has 118 valence electrons. The van der Waals surface area contributed by atoms with Crippen molar-refractivity contribution in [2.75, 3.05) is 0 Å². The highest BCUT2D eigenvalue weighted by molar-refractivity contribution is 7.99. The normalized spacial score (nSPS) is 20.0. The Hall–Kier alpha value is -2.31. The van der Waals surface area contributed by atoms with E-state index in [1.807, 2.05) is 54.6 Å². The summed E-state index contributed by atoms with van der Waals surface area (Å²) >= 11 is 1.56. The lowest BCUT2D eigenvalue weighted by Crippen LogP contribution is -2.38. The summed E-state index contributed by atoms with van der Waals surface area (Å²) in [6.07, 6.45) is -0.711. The number of esters is 1. The van der Waals surface area contributed by atoms with Crippen molar-refractivity contribution in [3.63, 3.8) is 0 Å². The number of nitrogens with zero attached hydrogens (tertiary/aromatic N) is 1. The first-order valence-corrected chi connectivity index (χ1v) is 8.03. The molecule has 5 nitrogen and oxygen atoms in total. The van der Waals surface area contributed by atoms with E-state index in [2.05, 4.69) is 10.5 Å². The second-order valence-corrected chi connectivity index (χ2v) is 6.24. The van der Waals surface area contributed by atoms with Crippen LogP contribution in [0.2, 0.25) is 0 Å². The fraction of sp³-hybridized carbons (Fsp3) is 0.176. The molecule has 0 saturated heterocycles. The SMILES string of the molecule is CC(=O)OC1C(NO)=Nc2ccccc2SC1c1ccccc1. The lowest BCUT2D eigenvalue weighted by atomic mass is 10.1. The Morgan fingerprint density at radius 3 is 2.57 bits per heavy atom. The second kappa shape index (κ2) is 6.85. The van der Waals surface area contributed by atoms with Crippen LogP contribution in [0.15, 0.2) is 64.5 Å². The molecule has 0 saturated carbocycles. The van der Waals surface area contributed by atoms with E-state index in [9.17, 15) is 10.0 Å². The van der Waals surface area contributed by atoms with Gasteiger partial charge in [-0.1, -0.05) is 42.5 Å². The third-order valence-corrected chi connectivity index (χ3v) is 4.81. The van der Waals surface area contributed by atoms with Gasteiger partial charge in [0.15, 0.2) is 11.9 Å². The fourth-order valence-electron chi connectivity index (χ4n) is 2.46. The van der Waals surface area contributed by atoms with Crippen LogP contribution >= 0.6 is 11.8 Å². The summed E-state index contributed by atoms with van der Waals surface area (Å²) in [4.78, 5) is 16.9. The number of benzene rings is 2. The summed E-state index contributed by atoms with van der Waals surface area (Å²) in [6, 6.07) is 17.4. The van der Waals surface area contributed by atoms with Crippen LogP contribution in [0.3, 0.4) is 0 Å². The summed E-state index contributed by atoms with van der Waals surface area (Å²) in [6.45, 7) is 1.35. The van der Waals surface area contributed by atoms with E-state index >= 15 is 0 Å². The molecule has 2 aromatic rings. The molecule has 0 spiro atoms. The minimum Gasteiger partial charge on any atom is -0.453 e. The Morgan fingerprint density at radius 1 is 1.17 bits per heavy atom. The average Bonchev–Trinajstić information content (AvgIpc) is 2.72. The van der Waals surface area contributed by atoms with Gasteiger partial charge in [0, 0.05) is 11.8 Å². The highest BCUT2D eigenvalue weighted by Gasteiger charge is 2.34. The first kappa shape index (κ1) is 15.6. The van der Waals surface area contributed by atoms with Crippen molar-refractivity contribution in [2.45, 2.75) is 23.2 Å². The summed E-state index contributed by atoms with van der Waals surface area (Å²) in [5.74, 6) is -0.211. The van der Waals surface area contributed by atoms with Crippen molar-refractivity contribution in [2.24, 2.45) is 4.99 Å². The van der Waals surface area contributed by atoms with Crippen LogP contribution in [0.5, 0.6) is 0 Å². The summed E-state index contributed by atoms with van der Waals surface area (Å²) < 4.78 is 5.46. The topological polar surface area (TPSA) is 70.9 Å². The van der Waals surface area contributed by atoms with Gasteiger partial charge in [0.2, 0.25) is 0 Å². The molecule has 1 aliphatic heterocycles. The Kier molecular flexibility index (Phi) is 4.64. The molecule has 0 bridgehead atoms. The van der Waals surface area contributed by atoms with Crippen LogP contribution in [0, 0.1) is 0 Å². The van der Waals surface area contributed by atoms with Crippen molar-refractivity contribution in [1.82, 2.24) is 5.48 Å². The third-order valence-electron chi connectivity index (χ3n) is 3.44. The average molecular weight is 328 g/mol. The van der Waals surface area contributed by atoms with Crippen LogP contribution in [0.1, 0.15) is 17.7 Å². The van der Waals surface area contributed by atoms with Gasteiger partial charge in [0.05, 0.1) is 10.9 Å².